The summed E-state index contributed by atoms with van der Waals surface area (Å²) in [5.74, 6) is 1.85. The standard InChI is InChI=1S/C55H35N3O/c1-3-16-36(17-4-1)38-20-13-22-40(34-38)53-56-54(58-55(57-53)48-27-10-7-24-42(48)37-18-5-2-6-19-37)41-23-14-21-39(35-41)43-32-33-46(45-26-9-8-25-44(43)45)47-29-15-31-51-52(47)49-28-11-12-30-50(49)59-51/h1-35H. The summed E-state index contributed by atoms with van der Waals surface area (Å²) < 4.78 is 6.29. The molecule has 0 aliphatic carbocycles. The smallest absolute Gasteiger partial charge is 0.164 e. The van der Waals surface area contributed by atoms with Crippen LogP contribution in [0.1, 0.15) is 0 Å². The van der Waals surface area contributed by atoms with Gasteiger partial charge in [-0.15, -0.1) is 0 Å². The second-order valence-corrected chi connectivity index (χ2v) is 14.7. The lowest BCUT2D eigenvalue weighted by molar-refractivity contribution is 0.669. The highest BCUT2D eigenvalue weighted by Crippen LogP contribution is 2.42. The van der Waals surface area contributed by atoms with E-state index in [4.69, 9.17) is 19.4 Å². The molecule has 276 valence electrons. The zero-order valence-electron chi connectivity index (χ0n) is 32.0. The summed E-state index contributed by atoms with van der Waals surface area (Å²) in [5.41, 5.74) is 13.5. The molecule has 0 unspecified atom stereocenters. The minimum Gasteiger partial charge on any atom is -0.456 e. The third-order valence-corrected chi connectivity index (χ3v) is 11.2. The molecule has 4 heteroatoms. The van der Waals surface area contributed by atoms with Crippen LogP contribution in [0.3, 0.4) is 0 Å². The fourth-order valence-electron chi connectivity index (χ4n) is 8.38. The minimum absolute atomic E-state index is 0.610. The first-order chi connectivity index (χ1) is 29.2. The van der Waals surface area contributed by atoms with Crippen LogP contribution in [0.2, 0.25) is 0 Å². The molecule has 11 rings (SSSR count). The first-order valence-corrected chi connectivity index (χ1v) is 19.9. The average Bonchev–Trinajstić information content (AvgIpc) is 3.71. The van der Waals surface area contributed by atoms with Crippen molar-refractivity contribution in [3.63, 3.8) is 0 Å². The predicted molar refractivity (Wildman–Crippen MR) is 243 cm³/mol. The lowest BCUT2D eigenvalue weighted by Crippen LogP contribution is -2.01. The molecule has 0 aliphatic rings. The van der Waals surface area contributed by atoms with Crippen LogP contribution in [0.15, 0.2) is 217 Å². The van der Waals surface area contributed by atoms with Gasteiger partial charge in [0.25, 0.3) is 0 Å². The Hall–Kier alpha value is -7.95. The number of aromatic nitrogens is 3. The summed E-state index contributed by atoms with van der Waals surface area (Å²) in [5, 5.41) is 4.59. The van der Waals surface area contributed by atoms with Crippen molar-refractivity contribution in [3.05, 3.63) is 212 Å². The second kappa shape index (κ2) is 14.5. The molecule has 0 aliphatic heterocycles. The normalized spacial score (nSPS) is 11.4. The predicted octanol–water partition coefficient (Wildman–Crippen LogP) is 14.6. The largest absolute Gasteiger partial charge is 0.456 e. The summed E-state index contributed by atoms with van der Waals surface area (Å²) in [4.78, 5) is 15.6. The average molecular weight is 754 g/mol. The van der Waals surface area contributed by atoms with Crippen molar-refractivity contribution in [2.24, 2.45) is 0 Å². The van der Waals surface area contributed by atoms with Crippen molar-refractivity contribution >= 4 is 32.7 Å². The maximum atomic E-state index is 6.29. The fraction of sp³-hybridized carbons (Fsp3) is 0. The van der Waals surface area contributed by atoms with Gasteiger partial charge in [-0.05, 0) is 79.5 Å². The van der Waals surface area contributed by atoms with Crippen LogP contribution in [-0.2, 0) is 0 Å². The van der Waals surface area contributed by atoms with Crippen molar-refractivity contribution in [1.82, 2.24) is 15.0 Å². The molecule has 0 fully saturated rings. The van der Waals surface area contributed by atoms with Crippen LogP contribution >= 0.6 is 0 Å². The summed E-state index contributed by atoms with van der Waals surface area (Å²) in [7, 11) is 0. The van der Waals surface area contributed by atoms with Crippen LogP contribution < -0.4 is 0 Å². The van der Waals surface area contributed by atoms with E-state index < -0.39 is 0 Å². The van der Waals surface area contributed by atoms with Crippen molar-refractivity contribution in [2.45, 2.75) is 0 Å². The van der Waals surface area contributed by atoms with Crippen molar-refractivity contribution in [3.8, 4) is 78.7 Å². The van der Waals surface area contributed by atoms with Gasteiger partial charge in [-0.1, -0.05) is 188 Å². The van der Waals surface area contributed by atoms with E-state index in [-0.39, 0.29) is 0 Å². The Morgan fingerprint density at radius 3 is 1.47 bits per heavy atom. The summed E-state index contributed by atoms with van der Waals surface area (Å²) in [6.45, 7) is 0. The molecule has 0 spiro atoms. The van der Waals surface area contributed by atoms with E-state index in [9.17, 15) is 0 Å². The van der Waals surface area contributed by atoms with Gasteiger partial charge in [-0.25, -0.2) is 15.0 Å². The molecule has 0 N–H and O–H groups in total. The lowest BCUT2D eigenvalue weighted by Gasteiger charge is -2.14. The van der Waals surface area contributed by atoms with Crippen LogP contribution in [0.25, 0.3) is 111 Å². The number of hydrogen-bond donors (Lipinski definition) is 0. The molecule has 0 atom stereocenters. The Morgan fingerprint density at radius 1 is 0.254 bits per heavy atom. The highest BCUT2D eigenvalue weighted by molar-refractivity contribution is 6.16. The zero-order chi connectivity index (χ0) is 39.1. The first-order valence-electron chi connectivity index (χ1n) is 19.9. The van der Waals surface area contributed by atoms with Crippen molar-refractivity contribution < 1.29 is 4.42 Å². The summed E-state index contributed by atoms with van der Waals surface area (Å²) in [6.07, 6.45) is 0. The number of hydrogen-bond acceptors (Lipinski definition) is 4. The number of benzene rings is 9. The number of furan rings is 1. The van der Waals surface area contributed by atoms with E-state index in [0.717, 1.165) is 77.6 Å². The Balaban J connectivity index is 1.07. The number of para-hydroxylation sites is 1. The van der Waals surface area contributed by atoms with Crippen molar-refractivity contribution in [1.29, 1.82) is 0 Å². The highest BCUT2D eigenvalue weighted by atomic mass is 16.3. The van der Waals surface area contributed by atoms with Gasteiger partial charge in [0.05, 0.1) is 0 Å². The minimum atomic E-state index is 0.610. The Bertz CT molecular complexity index is 3330. The van der Waals surface area contributed by atoms with E-state index in [1.54, 1.807) is 0 Å². The molecule has 0 bridgehead atoms. The summed E-state index contributed by atoms with van der Waals surface area (Å²) in [6, 6.07) is 74.0. The van der Waals surface area contributed by atoms with Crippen LogP contribution in [0, 0.1) is 0 Å². The van der Waals surface area contributed by atoms with E-state index in [1.165, 1.54) is 16.3 Å². The molecule has 0 saturated carbocycles. The van der Waals surface area contributed by atoms with Gasteiger partial charge in [0.15, 0.2) is 17.5 Å². The molecule has 59 heavy (non-hydrogen) atoms. The van der Waals surface area contributed by atoms with Gasteiger partial charge < -0.3 is 4.42 Å². The first kappa shape index (κ1) is 34.3. The Morgan fingerprint density at radius 2 is 0.729 bits per heavy atom. The van der Waals surface area contributed by atoms with Gasteiger partial charge in [-0.3, -0.25) is 0 Å². The molecule has 9 aromatic carbocycles. The van der Waals surface area contributed by atoms with E-state index in [0.29, 0.717) is 17.5 Å². The Labute approximate surface area is 341 Å². The van der Waals surface area contributed by atoms with E-state index in [1.807, 2.05) is 30.3 Å². The maximum absolute atomic E-state index is 6.29. The molecule has 2 heterocycles. The van der Waals surface area contributed by atoms with Crippen LogP contribution in [0.4, 0.5) is 0 Å². The quantitative estimate of drug-likeness (QED) is 0.163. The molecule has 0 radical (unpaired) electrons. The SMILES string of the molecule is c1ccc(-c2cccc(-c3nc(-c4cccc(-c5ccc(-c6cccc7oc8ccccc8c67)c6ccccc56)c4)nc(-c4ccccc4-c4ccccc4)n3)c2)cc1. The molecule has 11 aromatic rings. The molecule has 2 aromatic heterocycles. The number of nitrogens with zero attached hydrogens (tertiary/aromatic N) is 3. The van der Waals surface area contributed by atoms with E-state index in [2.05, 4.69) is 182 Å². The van der Waals surface area contributed by atoms with Crippen molar-refractivity contribution in [2.75, 3.05) is 0 Å². The zero-order valence-corrected chi connectivity index (χ0v) is 32.0. The molecular weight excluding hydrogens is 719 g/mol. The number of rotatable bonds is 7. The van der Waals surface area contributed by atoms with E-state index >= 15 is 0 Å². The third kappa shape index (κ3) is 6.24. The number of fused-ring (bicyclic) bond motifs is 4. The lowest BCUT2D eigenvalue weighted by atomic mass is 9.90. The van der Waals surface area contributed by atoms with Gasteiger partial charge in [0, 0.05) is 27.5 Å². The molecule has 0 saturated heterocycles. The third-order valence-electron chi connectivity index (χ3n) is 11.2. The van der Waals surface area contributed by atoms with Gasteiger partial charge >= 0.3 is 0 Å². The summed E-state index contributed by atoms with van der Waals surface area (Å²) >= 11 is 0. The molecule has 4 nitrogen and oxygen atoms in total. The second-order valence-electron chi connectivity index (χ2n) is 14.7. The van der Waals surface area contributed by atoms with Crippen LogP contribution in [0.5, 0.6) is 0 Å². The monoisotopic (exact) mass is 753 g/mol. The van der Waals surface area contributed by atoms with Gasteiger partial charge in [-0.2, -0.15) is 0 Å². The van der Waals surface area contributed by atoms with Crippen LogP contribution in [-0.4, -0.2) is 15.0 Å². The van der Waals surface area contributed by atoms with Gasteiger partial charge in [0.2, 0.25) is 0 Å². The highest BCUT2D eigenvalue weighted by Gasteiger charge is 2.19. The fourth-order valence-corrected chi connectivity index (χ4v) is 8.38. The topological polar surface area (TPSA) is 51.8 Å². The molecule has 0 amide bonds. The molecular formula is C55H35N3O. The van der Waals surface area contributed by atoms with Gasteiger partial charge in [0.1, 0.15) is 11.2 Å². The maximum Gasteiger partial charge on any atom is 0.164 e. The Kier molecular flexibility index (Phi) is 8.45.